The molecule has 0 fully saturated rings. The highest BCUT2D eigenvalue weighted by molar-refractivity contribution is 5.97. The van der Waals surface area contributed by atoms with Crippen molar-refractivity contribution in [1.82, 2.24) is 19.1 Å². The molecule has 2 aromatic heterocycles. The highest BCUT2D eigenvalue weighted by Crippen LogP contribution is 2.31. The monoisotopic (exact) mass is 729 g/mol. The Morgan fingerprint density at radius 1 is 0.870 bits per heavy atom. The van der Waals surface area contributed by atoms with Crippen LogP contribution in [0.15, 0.2) is 90.1 Å². The lowest BCUT2D eigenvalue weighted by molar-refractivity contribution is -0.0884. The smallest absolute Gasteiger partial charge is 0.431 e. The lowest BCUT2D eigenvalue weighted by atomic mass is 9.98. The van der Waals surface area contributed by atoms with Crippen molar-refractivity contribution in [3.63, 3.8) is 0 Å². The summed E-state index contributed by atoms with van der Waals surface area (Å²) in [4.78, 5) is 40.6. The Morgan fingerprint density at radius 3 is 2.39 bits per heavy atom. The van der Waals surface area contributed by atoms with Crippen molar-refractivity contribution in [1.29, 1.82) is 0 Å². The second-order valence-electron chi connectivity index (χ2n) is 13.5. The third kappa shape index (κ3) is 8.62. The Morgan fingerprint density at radius 2 is 1.63 bits per heavy atom. The van der Waals surface area contributed by atoms with Crippen LogP contribution in [0.3, 0.4) is 0 Å². The molecule has 11 heteroatoms. The Labute approximate surface area is 315 Å². The van der Waals surface area contributed by atoms with Crippen molar-refractivity contribution in [2.75, 3.05) is 6.61 Å². The average Bonchev–Trinajstić information content (AvgIpc) is 3.68. The summed E-state index contributed by atoms with van der Waals surface area (Å²) in [6.45, 7) is 11.9. The molecule has 2 heterocycles. The van der Waals surface area contributed by atoms with Crippen LogP contribution in [-0.4, -0.2) is 56.9 Å². The van der Waals surface area contributed by atoms with Gasteiger partial charge in [-0.25, -0.2) is 19.6 Å². The van der Waals surface area contributed by atoms with E-state index in [1.807, 2.05) is 42.5 Å². The van der Waals surface area contributed by atoms with Gasteiger partial charge in [-0.2, -0.15) is 0 Å². The normalized spacial score (nSPS) is 12.4. The molecule has 54 heavy (non-hydrogen) atoms. The molecular formula is C43H47N5O6. The number of hydrogen-bond acceptors (Lipinski definition) is 9. The van der Waals surface area contributed by atoms with Crippen molar-refractivity contribution in [2.45, 2.75) is 78.7 Å². The minimum absolute atomic E-state index is 0.356. The minimum Gasteiger partial charge on any atom is -0.431 e. The van der Waals surface area contributed by atoms with E-state index in [1.165, 1.54) is 6.92 Å². The molecule has 11 nitrogen and oxygen atoms in total. The number of oxime groups is 1. The number of para-hydroxylation sites is 2. The van der Waals surface area contributed by atoms with Gasteiger partial charge >= 0.3 is 12.1 Å². The molecular weight excluding hydrogens is 683 g/mol. The molecule has 6 rings (SSSR count). The molecule has 0 saturated heterocycles. The topological polar surface area (TPSA) is 119 Å². The maximum absolute atomic E-state index is 13.3. The van der Waals surface area contributed by atoms with Gasteiger partial charge in [0.2, 0.25) is 6.29 Å². The van der Waals surface area contributed by atoms with Crippen LogP contribution in [0.5, 0.6) is 0 Å². The van der Waals surface area contributed by atoms with Crippen molar-refractivity contribution in [2.24, 2.45) is 12.2 Å². The van der Waals surface area contributed by atoms with E-state index in [-0.39, 0.29) is 6.10 Å². The zero-order chi connectivity index (χ0) is 38.2. The SMILES string of the molecule is C=NOCCCC[C@H](C)OC(=O)OC(C)OC(=O)c1ccccc1-c1ccc(Cn2c(CCC)nc3c(C)cc(-c4nc5ccccc5n4C)cc32)cc1. The van der Waals surface area contributed by atoms with Gasteiger partial charge in [-0.05, 0) is 92.1 Å². The lowest BCUT2D eigenvalue weighted by Crippen LogP contribution is -2.25. The molecule has 0 aliphatic heterocycles. The quantitative estimate of drug-likeness (QED) is 0.0318. The number of aryl methyl sites for hydroxylation is 3. The van der Waals surface area contributed by atoms with E-state index in [1.54, 1.807) is 19.1 Å². The first-order valence-electron chi connectivity index (χ1n) is 18.4. The molecule has 0 aliphatic rings. The van der Waals surface area contributed by atoms with Crippen LogP contribution in [0.2, 0.25) is 0 Å². The van der Waals surface area contributed by atoms with Gasteiger partial charge in [0.25, 0.3) is 0 Å². The molecule has 0 amide bonds. The van der Waals surface area contributed by atoms with Crippen LogP contribution < -0.4 is 0 Å². The van der Waals surface area contributed by atoms with Crippen LogP contribution >= 0.6 is 0 Å². The first kappa shape index (κ1) is 37.8. The first-order valence-corrected chi connectivity index (χ1v) is 18.4. The van der Waals surface area contributed by atoms with Crippen molar-refractivity contribution in [3.05, 3.63) is 107 Å². The van der Waals surface area contributed by atoms with E-state index in [9.17, 15) is 9.59 Å². The van der Waals surface area contributed by atoms with Crippen LogP contribution in [-0.2, 0) is 39.1 Å². The number of ether oxygens (including phenoxy) is 3. The number of hydrogen-bond donors (Lipinski definition) is 0. The van der Waals surface area contributed by atoms with Crippen LogP contribution in [0.1, 0.15) is 73.8 Å². The lowest BCUT2D eigenvalue weighted by Gasteiger charge is -2.17. The van der Waals surface area contributed by atoms with Gasteiger partial charge < -0.3 is 28.2 Å². The molecule has 0 aliphatic carbocycles. The van der Waals surface area contributed by atoms with Crippen LogP contribution in [0.4, 0.5) is 4.79 Å². The zero-order valence-electron chi connectivity index (χ0n) is 31.6. The van der Waals surface area contributed by atoms with Crippen LogP contribution in [0.25, 0.3) is 44.6 Å². The second-order valence-corrected chi connectivity index (χ2v) is 13.5. The molecule has 1 unspecified atom stereocenters. The van der Waals surface area contributed by atoms with Gasteiger partial charge in [-0.15, -0.1) is 5.16 Å². The number of imidazole rings is 2. The summed E-state index contributed by atoms with van der Waals surface area (Å²) >= 11 is 0. The number of fused-ring (bicyclic) bond motifs is 2. The number of carbonyl (C=O) groups is 2. The Balaban J connectivity index is 1.17. The van der Waals surface area contributed by atoms with E-state index in [4.69, 9.17) is 29.0 Å². The van der Waals surface area contributed by atoms with E-state index < -0.39 is 18.4 Å². The van der Waals surface area contributed by atoms with E-state index in [0.717, 1.165) is 81.7 Å². The highest BCUT2D eigenvalue weighted by Gasteiger charge is 2.22. The maximum Gasteiger partial charge on any atom is 0.511 e. The first-order chi connectivity index (χ1) is 26.2. The fourth-order valence-electron chi connectivity index (χ4n) is 6.74. The van der Waals surface area contributed by atoms with Gasteiger partial charge in [0.05, 0.1) is 27.6 Å². The molecule has 4 aromatic carbocycles. The highest BCUT2D eigenvalue weighted by atomic mass is 16.8. The molecule has 0 bridgehead atoms. The number of aromatic nitrogens is 4. The summed E-state index contributed by atoms with van der Waals surface area (Å²) in [5, 5.41) is 3.35. The predicted molar refractivity (Wildman–Crippen MR) is 210 cm³/mol. The van der Waals surface area contributed by atoms with Gasteiger partial charge in [-0.1, -0.05) is 61.5 Å². The fraction of sp³-hybridized carbons (Fsp3) is 0.326. The molecule has 0 N–H and O–H groups in total. The summed E-state index contributed by atoms with van der Waals surface area (Å²) in [5.41, 5.74) is 9.28. The van der Waals surface area contributed by atoms with Crippen molar-refractivity contribution >= 4 is 40.9 Å². The summed E-state index contributed by atoms with van der Waals surface area (Å²) in [6.07, 6.45) is 1.55. The van der Waals surface area contributed by atoms with Gasteiger partial charge in [0.1, 0.15) is 24.4 Å². The standard InChI is InChI=1S/C43H47N5O6/c1-7-14-39-46-40-28(2)25-33(41-45-36-18-10-11-19-37(36)47(41)6)26-38(40)48(39)27-31-20-22-32(23-21-31)34-16-8-9-17-35(34)42(49)53-30(4)54-43(50)52-29(3)15-12-13-24-51-44-5/h8-11,16-23,25-26,29-30H,5,7,12-15,24,27H2,1-4,6H3/t29-,30?/m0/s1. The van der Waals surface area contributed by atoms with Crippen molar-refractivity contribution in [3.8, 4) is 22.5 Å². The number of benzene rings is 4. The number of rotatable bonds is 16. The zero-order valence-corrected chi connectivity index (χ0v) is 31.6. The number of unbranched alkanes of at least 4 members (excludes halogenated alkanes) is 1. The molecule has 0 spiro atoms. The molecule has 0 saturated carbocycles. The second kappa shape index (κ2) is 17.2. The van der Waals surface area contributed by atoms with Crippen LogP contribution in [0, 0.1) is 6.92 Å². The average molecular weight is 730 g/mol. The van der Waals surface area contributed by atoms with Gasteiger partial charge in [-0.3, -0.25) is 0 Å². The third-order valence-electron chi connectivity index (χ3n) is 9.42. The number of carbonyl (C=O) groups excluding carboxylic acids is 2. The van der Waals surface area contributed by atoms with Gasteiger partial charge in [0, 0.05) is 39.2 Å². The summed E-state index contributed by atoms with van der Waals surface area (Å²) in [6, 6.07) is 27.9. The number of esters is 1. The third-order valence-corrected chi connectivity index (χ3v) is 9.42. The summed E-state index contributed by atoms with van der Waals surface area (Å²) in [7, 11) is 2.06. The molecule has 2 atom stereocenters. The minimum atomic E-state index is -1.15. The van der Waals surface area contributed by atoms with Gasteiger partial charge in [0.15, 0.2) is 0 Å². The Kier molecular flexibility index (Phi) is 12.1. The van der Waals surface area contributed by atoms with E-state index >= 15 is 0 Å². The van der Waals surface area contributed by atoms with Crippen molar-refractivity contribution < 1.29 is 28.6 Å². The fourth-order valence-corrected chi connectivity index (χ4v) is 6.74. The largest absolute Gasteiger partial charge is 0.511 e. The molecule has 0 radical (unpaired) electrons. The molecule has 280 valence electrons. The summed E-state index contributed by atoms with van der Waals surface area (Å²) in [5.74, 6) is 1.34. The van der Waals surface area contributed by atoms with E-state index in [2.05, 4.69) is 72.2 Å². The Bertz CT molecular complexity index is 2260. The summed E-state index contributed by atoms with van der Waals surface area (Å²) < 4.78 is 20.5. The predicted octanol–water partition coefficient (Wildman–Crippen LogP) is 9.41. The molecule has 6 aromatic rings. The van der Waals surface area contributed by atoms with E-state index in [0.29, 0.717) is 30.7 Å². The maximum atomic E-state index is 13.3. The Hall–Kier alpha value is -5.97. The number of nitrogens with zero attached hydrogens (tertiary/aromatic N) is 5.